The van der Waals surface area contributed by atoms with Crippen molar-refractivity contribution in [2.24, 2.45) is 7.05 Å². The number of hydrogen-bond acceptors (Lipinski definition) is 8. The van der Waals surface area contributed by atoms with Crippen molar-refractivity contribution in [1.82, 2.24) is 30.0 Å². The Balaban J connectivity index is 0.00000259. The van der Waals surface area contributed by atoms with Crippen LogP contribution in [0.5, 0.6) is 17.4 Å². The average molecular weight is 468 g/mol. The Labute approximate surface area is 198 Å². The molecule has 0 atom stereocenters. The highest BCUT2D eigenvalue weighted by atomic mass is 35.5. The van der Waals surface area contributed by atoms with Crippen molar-refractivity contribution in [2.75, 3.05) is 18.5 Å². The number of anilines is 2. The highest BCUT2D eigenvalue weighted by molar-refractivity contribution is 5.91. The first-order chi connectivity index (χ1) is 15.7. The second-order valence-electron chi connectivity index (χ2n) is 7.77. The normalized spacial score (nSPS) is 13.2. The van der Waals surface area contributed by atoms with Crippen molar-refractivity contribution in [1.29, 1.82) is 0 Å². The third-order valence-electron chi connectivity index (χ3n) is 5.41. The first kappa shape index (κ1) is 22.8. The summed E-state index contributed by atoms with van der Waals surface area (Å²) in [6.07, 6.45) is 8.94. The van der Waals surface area contributed by atoms with E-state index in [0.717, 1.165) is 23.2 Å². The minimum absolute atomic E-state index is 0. The number of aryl methyl sites for hydroxylation is 1. The van der Waals surface area contributed by atoms with Gasteiger partial charge >= 0.3 is 0 Å². The summed E-state index contributed by atoms with van der Waals surface area (Å²) in [6.45, 7) is 1.46. The predicted octanol–water partition coefficient (Wildman–Crippen LogP) is 4.24. The smallest absolute Gasteiger partial charge is 0.219 e. The third-order valence-corrected chi connectivity index (χ3v) is 5.41. The molecule has 9 nitrogen and oxygen atoms in total. The van der Waals surface area contributed by atoms with Gasteiger partial charge in [0, 0.05) is 43.4 Å². The molecular weight excluding hydrogens is 442 g/mol. The van der Waals surface area contributed by atoms with Crippen LogP contribution in [-0.2, 0) is 7.05 Å². The van der Waals surface area contributed by atoms with Crippen molar-refractivity contribution in [3.05, 3.63) is 55.1 Å². The second kappa shape index (κ2) is 10.5. The molecule has 1 aliphatic carbocycles. The summed E-state index contributed by atoms with van der Waals surface area (Å²) in [7, 11) is 1.87. The van der Waals surface area contributed by atoms with E-state index in [0.29, 0.717) is 35.9 Å². The number of halogens is 1. The van der Waals surface area contributed by atoms with Gasteiger partial charge in [-0.05, 0) is 37.1 Å². The molecule has 1 aromatic carbocycles. The lowest BCUT2D eigenvalue weighted by atomic mass is 9.93. The van der Waals surface area contributed by atoms with Gasteiger partial charge in [0.15, 0.2) is 5.82 Å². The Kier molecular flexibility index (Phi) is 7.21. The molecule has 0 spiro atoms. The van der Waals surface area contributed by atoms with Gasteiger partial charge in [0.2, 0.25) is 5.88 Å². The van der Waals surface area contributed by atoms with E-state index in [1.165, 1.54) is 25.6 Å². The van der Waals surface area contributed by atoms with Crippen molar-refractivity contribution < 1.29 is 9.47 Å². The van der Waals surface area contributed by atoms with Gasteiger partial charge < -0.3 is 20.1 Å². The van der Waals surface area contributed by atoms with Gasteiger partial charge in [-0.2, -0.15) is 5.10 Å². The van der Waals surface area contributed by atoms with Gasteiger partial charge in [0.1, 0.15) is 30.3 Å². The summed E-state index contributed by atoms with van der Waals surface area (Å²) < 4.78 is 13.4. The second-order valence-corrected chi connectivity index (χ2v) is 7.77. The van der Waals surface area contributed by atoms with E-state index in [1.807, 2.05) is 43.6 Å². The minimum atomic E-state index is 0. The fourth-order valence-electron chi connectivity index (χ4n) is 3.48. The molecule has 1 saturated carbocycles. The molecule has 2 N–H and O–H groups in total. The number of nitrogens with one attached hydrogen (secondary N) is 2. The van der Waals surface area contributed by atoms with Gasteiger partial charge in [0.05, 0.1) is 11.7 Å². The molecule has 5 rings (SSSR count). The van der Waals surface area contributed by atoms with Gasteiger partial charge in [-0.1, -0.05) is 6.42 Å². The fourth-order valence-corrected chi connectivity index (χ4v) is 3.48. The SMILES string of the molecule is Cl.Cn1ccc(Nc2ncnc3ccc(Oc4ccc(OCCNC5CCC5)cn4)cc23)n1. The van der Waals surface area contributed by atoms with E-state index in [9.17, 15) is 0 Å². The Bertz CT molecular complexity index is 1200. The Morgan fingerprint density at radius 1 is 1.06 bits per heavy atom. The molecule has 172 valence electrons. The lowest BCUT2D eigenvalue weighted by molar-refractivity contribution is 0.275. The number of ether oxygens (including phenoxy) is 2. The first-order valence-corrected chi connectivity index (χ1v) is 10.7. The lowest BCUT2D eigenvalue weighted by Gasteiger charge is -2.26. The van der Waals surface area contributed by atoms with Gasteiger partial charge in [-0.3, -0.25) is 4.68 Å². The van der Waals surface area contributed by atoms with E-state index in [-0.39, 0.29) is 12.4 Å². The van der Waals surface area contributed by atoms with E-state index in [4.69, 9.17) is 9.47 Å². The van der Waals surface area contributed by atoms with E-state index >= 15 is 0 Å². The van der Waals surface area contributed by atoms with Crippen molar-refractivity contribution in [2.45, 2.75) is 25.3 Å². The number of hydrogen-bond donors (Lipinski definition) is 2. The third kappa shape index (κ3) is 5.68. The first-order valence-electron chi connectivity index (χ1n) is 10.7. The molecule has 0 bridgehead atoms. The molecule has 4 aromatic rings. The number of pyridine rings is 1. The number of rotatable bonds is 9. The zero-order valence-electron chi connectivity index (χ0n) is 18.3. The number of aromatic nitrogens is 5. The zero-order chi connectivity index (χ0) is 21.8. The number of fused-ring (bicyclic) bond motifs is 1. The van der Waals surface area contributed by atoms with Crippen molar-refractivity contribution >= 4 is 34.9 Å². The van der Waals surface area contributed by atoms with Crippen LogP contribution < -0.4 is 20.1 Å². The van der Waals surface area contributed by atoms with E-state index in [2.05, 4.69) is 30.7 Å². The Morgan fingerprint density at radius 3 is 2.67 bits per heavy atom. The average Bonchev–Trinajstić information content (AvgIpc) is 3.18. The maximum absolute atomic E-state index is 5.95. The summed E-state index contributed by atoms with van der Waals surface area (Å²) in [5.74, 6) is 3.22. The highest BCUT2D eigenvalue weighted by Crippen LogP contribution is 2.29. The number of benzene rings is 1. The fraction of sp³-hybridized carbons (Fsp3) is 0.304. The molecule has 33 heavy (non-hydrogen) atoms. The molecule has 0 unspecified atom stereocenters. The number of nitrogens with zero attached hydrogens (tertiary/aromatic N) is 5. The van der Waals surface area contributed by atoms with Crippen LogP contribution in [-0.4, -0.2) is 43.9 Å². The van der Waals surface area contributed by atoms with Crippen LogP contribution in [0.15, 0.2) is 55.1 Å². The van der Waals surface area contributed by atoms with Crippen molar-refractivity contribution in [3.8, 4) is 17.4 Å². The Morgan fingerprint density at radius 2 is 1.94 bits per heavy atom. The molecule has 0 amide bonds. The summed E-state index contributed by atoms with van der Waals surface area (Å²) in [4.78, 5) is 13.1. The largest absolute Gasteiger partial charge is 0.491 e. The topological polar surface area (TPSA) is 99.0 Å². The summed E-state index contributed by atoms with van der Waals surface area (Å²) in [5.41, 5.74) is 0.804. The minimum Gasteiger partial charge on any atom is -0.491 e. The van der Waals surface area contributed by atoms with Crippen LogP contribution in [0.2, 0.25) is 0 Å². The van der Waals surface area contributed by atoms with Gasteiger partial charge in [-0.15, -0.1) is 12.4 Å². The summed E-state index contributed by atoms with van der Waals surface area (Å²) >= 11 is 0. The van der Waals surface area contributed by atoms with Gasteiger partial charge in [-0.25, -0.2) is 15.0 Å². The van der Waals surface area contributed by atoms with Crippen molar-refractivity contribution in [3.63, 3.8) is 0 Å². The molecular formula is C23H26ClN7O2. The molecule has 1 fully saturated rings. The van der Waals surface area contributed by atoms with Crippen LogP contribution in [0, 0.1) is 0 Å². The molecule has 1 aliphatic rings. The lowest BCUT2D eigenvalue weighted by Crippen LogP contribution is -2.37. The van der Waals surface area contributed by atoms with E-state index in [1.54, 1.807) is 16.9 Å². The van der Waals surface area contributed by atoms with Crippen LogP contribution in [0.1, 0.15) is 19.3 Å². The van der Waals surface area contributed by atoms with Crippen LogP contribution in [0.25, 0.3) is 10.9 Å². The maximum atomic E-state index is 5.95. The molecule has 0 saturated heterocycles. The zero-order valence-corrected chi connectivity index (χ0v) is 19.1. The molecule has 0 aliphatic heterocycles. The van der Waals surface area contributed by atoms with Crippen LogP contribution in [0.4, 0.5) is 11.6 Å². The summed E-state index contributed by atoms with van der Waals surface area (Å²) in [6, 6.07) is 11.8. The monoisotopic (exact) mass is 467 g/mol. The van der Waals surface area contributed by atoms with Crippen LogP contribution in [0.3, 0.4) is 0 Å². The van der Waals surface area contributed by atoms with E-state index < -0.39 is 0 Å². The maximum Gasteiger partial charge on any atom is 0.219 e. The molecule has 3 heterocycles. The molecule has 3 aromatic heterocycles. The van der Waals surface area contributed by atoms with Gasteiger partial charge in [0.25, 0.3) is 0 Å². The summed E-state index contributed by atoms with van der Waals surface area (Å²) in [5, 5.41) is 11.9. The quantitative estimate of drug-likeness (QED) is 0.353. The highest BCUT2D eigenvalue weighted by Gasteiger charge is 2.15. The van der Waals surface area contributed by atoms with Crippen LogP contribution >= 0.6 is 12.4 Å². The molecule has 10 heteroatoms. The Hall–Kier alpha value is -3.43. The molecule has 0 radical (unpaired) electrons. The predicted molar refractivity (Wildman–Crippen MR) is 129 cm³/mol. The standard InChI is InChI=1S/C23H25N7O2.ClH/c1-30-11-9-21(29-30)28-23-19-13-17(5-7-20(19)26-15-27-23)32-22-8-6-18(14-25-22)31-12-10-24-16-3-2-4-16;/h5-9,11,13-16,24H,2-4,10,12H2,1H3,(H,26,27,28,29);1H.